The Bertz CT molecular complexity index is 551. The van der Waals surface area contributed by atoms with Crippen molar-refractivity contribution in [1.29, 1.82) is 0 Å². The van der Waals surface area contributed by atoms with Gasteiger partial charge in [-0.3, -0.25) is 4.90 Å². The molecule has 116 valence electrons. The minimum absolute atomic E-state index is 0.552. The normalized spacial score (nSPS) is 10.7. The van der Waals surface area contributed by atoms with Gasteiger partial charge >= 0.3 is 7.62 Å². The molecule has 0 bridgehead atoms. The Morgan fingerprint density at radius 3 is 2.55 bits per heavy atom. The molecular weight excluding hydrogens is 275 g/mol. The number of para-hydroxylation sites is 1. The standard InChI is InChI=1S/C17H23BN2O2/c1-20(14-19-18-21-2)12-16-10-6-7-11-17(16)22-13-15-8-4-3-5-9-15/h3-11,18-19H,12-14H2,1-2H3. The second-order valence-corrected chi connectivity index (χ2v) is 5.24. The van der Waals surface area contributed by atoms with Gasteiger partial charge < -0.3 is 14.6 Å². The lowest BCUT2D eigenvalue weighted by Gasteiger charge is -2.19. The number of ether oxygens (including phenoxy) is 1. The molecule has 4 nitrogen and oxygen atoms in total. The Labute approximate surface area is 133 Å². The van der Waals surface area contributed by atoms with E-state index < -0.39 is 0 Å². The van der Waals surface area contributed by atoms with E-state index in [9.17, 15) is 0 Å². The van der Waals surface area contributed by atoms with Gasteiger partial charge in [0.15, 0.2) is 0 Å². The van der Waals surface area contributed by atoms with Crippen LogP contribution in [0, 0.1) is 0 Å². The largest absolute Gasteiger partial charge is 0.489 e. The Hall–Kier alpha value is -1.82. The van der Waals surface area contributed by atoms with E-state index in [-0.39, 0.29) is 0 Å². The molecule has 1 N–H and O–H groups in total. The molecule has 0 amide bonds. The number of hydrogen-bond acceptors (Lipinski definition) is 4. The highest BCUT2D eigenvalue weighted by Crippen LogP contribution is 2.20. The van der Waals surface area contributed by atoms with E-state index in [1.807, 2.05) is 36.4 Å². The summed E-state index contributed by atoms with van der Waals surface area (Å²) in [4.78, 5) is 2.18. The van der Waals surface area contributed by atoms with Crippen LogP contribution < -0.4 is 9.96 Å². The highest BCUT2D eigenvalue weighted by Gasteiger charge is 2.06. The smallest absolute Gasteiger partial charge is 0.361 e. The minimum atomic E-state index is 0.552. The molecule has 0 saturated carbocycles. The number of nitrogens with zero attached hydrogens (tertiary/aromatic N) is 1. The number of rotatable bonds is 9. The van der Waals surface area contributed by atoms with Crippen LogP contribution in [0.4, 0.5) is 0 Å². The van der Waals surface area contributed by atoms with Crippen molar-refractivity contribution >= 4 is 7.62 Å². The van der Waals surface area contributed by atoms with Crippen molar-refractivity contribution in [3.05, 3.63) is 65.7 Å². The van der Waals surface area contributed by atoms with Gasteiger partial charge in [0.05, 0.1) is 0 Å². The molecule has 22 heavy (non-hydrogen) atoms. The van der Waals surface area contributed by atoms with Crippen molar-refractivity contribution in [2.45, 2.75) is 13.2 Å². The van der Waals surface area contributed by atoms with Gasteiger partial charge in [-0.05, 0) is 18.7 Å². The van der Waals surface area contributed by atoms with Crippen molar-refractivity contribution in [2.24, 2.45) is 0 Å². The molecule has 0 unspecified atom stereocenters. The molecule has 0 fully saturated rings. The Kier molecular flexibility index (Phi) is 6.96. The maximum absolute atomic E-state index is 5.98. The third-order valence-electron chi connectivity index (χ3n) is 3.28. The molecule has 0 saturated heterocycles. The first-order chi connectivity index (χ1) is 10.8. The van der Waals surface area contributed by atoms with Crippen molar-refractivity contribution in [3.8, 4) is 5.75 Å². The van der Waals surface area contributed by atoms with E-state index in [4.69, 9.17) is 9.39 Å². The van der Waals surface area contributed by atoms with Gasteiger partial charge in [0.1, 0.15) is 12.4 Å². The second kappa shape index (κ2) is 9.25. The highest BCUT2D eigenvalue weighted by molar-refractivity contribution is 6.23. The van der Waals surface area contributed by atoms with Gasteiger partial charge in [0.2, 0.25) is 0 Å². The van der Waals surface area contributed by atoms with E-state index in [1.54, 1.807) is 7.11 Å². The molecule has 0 aliphatic heterocycles. The van der Waals surface area contributed by atoms with Gasteiger partial charge in [-0.25, -0.2) is 0 Å². The molecule has 0 aliphatic rings. The molecular formula is C17H23BN2O2. The SMILES string of the molecule is COBNCN(C)Cc1ccccc1OCc1ccccc1. The van der Waals surface area contributed by atoms with Gasteiger partial charge in [0.25, 0.3) is 0 Å². The van der Waals surface area contributed by atoms with Crippen molar-refractivity contribution in [3.63, 3.8) is 0 Å². The van der Waals surface area contributed by atoms with Crippen molar-refractivity contribution in [2.75, 3.05) is 20.8 Å². The lowest BCUT2D eigenvalue weighted by molar-refractivity contribution is 0.281. The van der Waals surface area contributed by atoms with E-state index in [2.05, 4.69) is 35.4 Å². The zero-order valence-corrected chi connectivity index (χ0v) is 13.3. The number of hydrogen-bond donors (Lipinski definition) is 1. The first kappa shape index (κ1) is 16.6. The van der Waals surface area contributed by atoms with Crippen LogP contribution in [0.3, 0.4) is 0 Å². The van der Waals surface area contributed by atoms with E-state index in [1.165, 1.54) is 11.1 Å². The maximum Gasteiger partial charge on any atom is 0.361 e. The van der Waals surface area contributed by atoms with Crippen LogP contribution in [0.1, 0.15) is 11.1 Å². The first-order valence-corrected chi connectivity index (χ1v) is 7.42. The summed E-state index contributed by atoms with van der Waals surface area (Å²) in [7, 11) is 4.30. The lowest BCUT2D eigenvalue weighted by atomic mass is 10.2. The summed E-state index contributed by atoms with van der Waals surface area (Å²) >= 11 is 0. The highest BCUT2D eigenvalue weighted by atomic mass is 16.5. The minimum Gasteiger partial charge on any atom is -0.489 e. The third-order valence-corrected chi connectivity index (χ3v) is 3.28. The zero-order chi connectivity index (χ0) is 15.6. The fourth-order valence-electron chi connectivity index (χ4n) is 2.20. The summed E-state index contributed by atoms with van der Waals surface area (Å²) in [5.41, 5.74) is 2.35. The first-order valence-electron chi connectivity index (χ1n) is 7.42. The Balaban J connectivity index is 1.91. The summed E-state index contributed by atoms with van der Waals surface area (Å²) < 4.78 is 11.0. The van der Waals surface area contributed by atoms with Gasteiger partial charge in [-0.1, -0.05) is 48.5 Å². The fourth-order valence-corrected chi connectivity index (χ4v) is 2.20. The second-order valence-electron chi connectivity index (χ2n) is 5.24. The van der Waals surface area contributed by atoms with Gasteiger partial charge in [-0.2, -0.15) is 0 Å². The van der Waals surface area contributed by atoms with Crippen LogP contribution in [0.2, 0.25) is 0 Å². The summed E-state index contributed by atoms with van der Waals surface area (Å²) in [6.07, 6.45) is 0. The van der Waals surface area contributed by atoms with Crippen LogP contribution in [-0.2, 0) is 17.8 Å². The van der Waals surface area contributed by atoms with Crippen LogP contribution in [0.15, 0.2) is 54.6 Å². The predicted molar refractivity (Wildman–Crippen MR) is 90.8 cm³/mol. The molecule has 0 spiro atoms. The average molecular weight is 298 g/mol. The molecule has 5 heteroatoms. The quantitative estimate of drug-likeness (QED) is 0.437. The summed E-state index contributed by atoms with van der Waals surface area (Å²) in [6, 6.07) is 18.4. The van der Waals surface area contributed by atoms with Gasteiger partial charge in [0, 0.05) is 25.9 Å². The van der Waals surface area contributed by atoms with E-state index >= 15 is 0 Å². The molecule has 2 aromatic rings. The molecule has 2 rings (SSSR count). The van der Waals surface area contributed by atoms with Crippen LogP contribution in [-0.4, -0.2) is 33.3 Å². The van der Waals surface area contributed by atoms with Gasteiger partial charge in [-0.15, -0.1) is 0 Å². The molecule has 0 atom stereocenters. The Morgan fingerprint density at radius 2 is 1.77 bits per heavy atom. The van der Waals surface area contributed by atoms with Crippen LogP contribution in [0.5, 0.6) is 5.75 Å². The number of nitrogens with one attached hydrogen (secondary N) is 1. The molecule has 0 radical (unpaired) electrons. The Morgan fingerprint density at radius 1 is 1.05 bits per heavy atom. The fraction of sp³-hybridized carbons (Fsp3) is 0.294. The third kappa shape index (κ3) is 5.52. The molecule has 0 aromatic heterocycles. The lowest BCUT2D eigenvalue weighted by Crippen LogP contribution is -2.33. The van der Waals surface area contributed by atoms with E-state index in [0.717, 1.165) is 19.0 Å². The molecule has 2 aromatic carbocycles. The van der Waals surface area contributed by atoms with Crippen molar-refractivity contribution < 1.29 is 9.39 Å². The summed E-state index contributed by atoms with van der Waals surface area (Å²) in [6.45, 7) is 2.17. The zero-order valence-electron chi connectivity index (χ0n) is 13.3. The van der Waals surface area contributed by atoms with Crippen LogP contribution >= 0.6 is 0 Å². The van der Waals surface area contributed by atoms with Crippen LogP contribution in [0.25, 0.3) is 0 Å². The topological polar surface area (TPSA) is 33.7 Å². The van der Waals surface area contributed by atoms with E-state index in [0.29, 0.717) is 14.2 Å². The molecule has 0 aliphatic carbocycles. The maximum atomic E-state index is 5.98. The average Bonchev–Trinajstić information content (AvgIpc) is 2.55. The number of benzene rings is 2. The summed E-state index contributed by atoms with van der Waals surface area (Å²) in [5, 5.41) is 3.20. The van der Waals surface area contributed by atoms with Crippen molar-refractivity contribution in [1.82, 2.24) is 10.1 Å². The molecule has 0 heterocycles. The monoisotopic (exact) mass is 298 g/mol. The summed E-state index contributed by atoms with van der Waals surface area (Å²) in [5.74, 6) is 0.935. The predicted octanol–water partition coefficient (Wildman–Crippen LogP) is 2.16.